The minimum atomic E-state index is -0.132. The molecule has 6 heteroatoms. The van der Waals surface area contributed by atoms with Gasteiger partial charge in [0.25, 0.3) is 0 Å². The lowest BCUT2D eigenvalue weighted by Crippen LogP contribution is -2.41. The molecule has 3 aromatic rings. The first-order valence-corrected chi connectivity index (χ1v) is 12.8. The second-order valence-electron chi connectivity index (χ2n) is 9.77. The Bertz CT molecular complexity index is 1170. The van der Waals surface area contributed by atoms with Gasteiger partial charge in [0.15, 0.2) is 11.5 Å². The van der Waals surface area contributed by atoms with Crippen LogP contribution in [0.25, 0.3) is 0 Å². The van der Waals surface area contributed by atoms with Crippen molar-refractivity contribution in [1.82, 2.24) is 4.90 Å². The van der Waals surface area contributed by atoms with Crippen LogP contribution < -0.4 is 19.1 Å². The molecule has 4 aliphatic heterocycles. The van der Waals surface area contributed by atoms with Crippen LogP contribution in [0.15, 0.2) is 53.9 Å². The predicted octanol–water partition coefficient (Wildman–Crippen LogP) is 4.89. The van der Waals surface area contributed by atoms with E-state index in [0.29, 0.717) is 13.4 Å². The van der Waals surface area contributed by atoms with E-state index >= 15 is 0 Å². The Labute approximate surface area is 198 Å². The Morgan fingerprint density at radius 1 is 0.909 bits per heavy atom. The third kappa shape index (κ3) is 3.22. The van der Waals surface area contributed by atoms with Crippen molar-refractivity contribution in [3.8, 4) is 17.2 Å². The highest BCUT2D eigenvalue weighted by Gasteiger charge is 2.50. The molecule has 1 unspecified atom stereocenters. The molecule has 5 heterocycles. The summed E-state index contributed by atoms with van der Waals surface area (Å²) in [5.41, 5.74) is 3.87. The van der Waals surface area contributed by atoms with Gasteiger partial charge in [-0.05, 0) is 61.0 Å². The van der Waals surface area contributed by atoms with Gasteiger partial charge in [0.1, 0.15) is 12.4 Å². The zero-order valence-electron chi connectivity index (χ0n) is 18.7. The van der Waals surface area contributed by atoms with Crippen molar-refractivity contribution in [3.05, 3.63) is 69.9 Å². The zero-order chi connectivity index (χ0) is 21.8. The van der Waals surface area contributed by atoms with E-state index < -0.39 is 0 Å². The molecule has 1 fully saturated rings. The molecule has 1 atom stereocenters. The maximum absolute atomic E-state index is 6.25. The van der Waals surface area contributed by atoms with Crippen molar-refractivity contribution in [1.29, 1.82) is 0 Å². The van der Waals surface area contributed by atoms with Gasteiger partial charge >= 0.3 is 0 Å². The Morgan fingerprint density at radius 3 is 2.61 bits per heavy atom. The minimum absolute atomic E-state index is 0.132. The van der Waals surface area contributed by atoms with Crippen LogP contribution in [0, 0.1) is 5.92 Å². The van der Waals surface area contributed by atoms with Crippen molar-refractivity contribution >= 4 is 17.0 Å². The number of rotatable bonds is 4. The number of para-hydroxylation sites is 1. The first-order valence-electron chi connectivity index (χ1n) is 11.9. The molecule has 4 aliphatic rings. The third-order valence-electron chi connectivity index (χ3n) is 7.83. The highest BCUT2D eigenvalue weighted by Crippen LogP contribution is 2.54. The van der Waals surface area contributed by atoms with Gasteiger partial charge in [-0.25, -0.2) is 0 Å². The molecule has 1 saturated heterocycles. The maximum atomic E-state index is 6.25. The quantitative estimate of drug-likeness (QED) is 0.554. The van der Waals surface area contributed by atoms with E-state index in [1.54, 1.807) is 0 Å². The SMILES string of the molecule is c1csc(CN2CCC(CN3CC4(COc5cc6c(cc54)OCO6)c4ccccc43)CC2)c1. The van der Waals surface area contributed by atoms with Crippen molar-refractivity contribution in [2.75, 3.05) is 44.5 Å². The second-order valence-corrected chi connectivity index (χ2v) is 10.8. The summed E-state index contributed by atoms with van der Waals surface area (Å²) in [5.74, 6) is 3.31. The number of hydrogen-bond acceptors (Lipinski definition) is 6. The number of anilines is 1. The molecule has 0 aliphatic carbocycles. The van der Waals surface area contributed by atoms with E-state index in [1.807, 2.05) is 17.4 Å². The number of piperidine rings is 1. The summed E-state index contributed by atoms with van der Waals surface area (Å²) >= 11 is 1.87. The number of nitrogens with zero attached hydrogens (tertiary/aromatic N) is 2. The van der Waals surface area contributed by atoms with E-state index in [-0.39, 0.29) is 5.41 Å². The summed E-state index contributed by atoms with van der Waals surface area (Å²) in [4.78, 5) is 6.72. The van der Waals surface area contributed by atoms with E-state index in [0.717, 1.165) is 42.8 Å². The van der Waals surface area contributed by atoms with E-state index in [1.165, 1.54) is 47.6 Å². The largest absolute Gasteiger partial charge is 0.492 e. The summed E-state index contributed by atoms with van der Waals surface area (Å²) in [6.07, 6.45) is 2.53. The average Bonchev–Trinajstić information content (AvgIpc) is 3.63. The highest BCUT2D eigenvalue weighted by atomic mass is 32.1. The fourth-order valence-electron chi connectivity index (χ4n) is 6.12. The molecule has 0 amide bonds. The Morgan fingerprint density at radius 2 is 1.76 bits per heavy atom. The van der Waals surface area contributed by atoms with Gasteiger partial charge in [-0.15, -0.1) is 11.3 Å². The summed E-state index contributed by atoms with van der Waals surface area (Å²) < 4.78 is 17.6. The first-order chi connectivity index (χ1) is 16.3. The van der Waals surface area contributed by atoms with Gasteiger partial charge in [0.05, 0.1) is 5.41 Å². The third-order valence-corrected chi connectivity index (χ3v) is 8.69. The Balaban J connectivity index is 1.11. The molecule has 0 N–H and O–H groups in total. The lowest BCUT2D eigenvalue weighted by atomic mass is 9.77. The van der Waals surface area contributed by atoms with Crippen molar-refractivity contribution in [2.24, 2.45) is 5.92 Å². The second kappa shape index (κ2) is 7.67. The van der Waals surface area contributed by atoms with Crippen LogP contribution in [0.4, 0.5) is 5.69 Å². The average molecular weight is 461 g/mol. The van der Waals surface area contributed by atoms with Gasteiger partial charge in [-0.2, -0.15) is 0 Å². The zero-order valence-corrected chi connectivity index (χ0v) is 19.5. The fraction of sp³-hybridized carbons (Fsp3) is 0.407. The van der Waals surface area contributed by atoms with Crippen LogP contribution in [0.2, 0.25) is 0 Å². The lowest BCUT2D eigenvalue weighted by Gasteiger charge is -2.35. The van der Waals surface area contributed by atoms with Crippen LogP contribution in [-0.4, -0.2) is 44.5 Å². The van der Waals surface area contributed by atoms with Gasteiger partial charge in [0.2, 0.25) is 6.79 Å². The number of ether oxygens (including phenoxy) is 3. The summed E-state index contributed by atoms with van der Waals surface area (Å²) in [6.45, 7) is 6.54. The first kappa shape index (κ1) is 19.7. The van der Waals surface area contributed by atoms with Gasteiger partial charge in [-0.3, -0.25) is 4.90 Å². The molecule has 1 spiro atoms. The molecule has 0 radical (unpaired) electrons. The van der Waals surface area contributed by atoms with E-state index in [9.17, 15) is 0 Å². The monoisotopic (exact) mass is 460 g/mol. The van der Waals surface area contributed by atoms with E-state index in [4.69, 9.17) is 14.2 Å². The molecular formula is C27H28N2O3S. The van der Waals surface area contributed by atoms with E-state index in [2.05, 4.69) is 57.6 Å². The number of thiophene rings is 1. The minimum Gasteiger partial charge on any atom is -0.492 e. The van der Waals surface area contributed by atoms with Crippen LogP contribution in [0.3, 0.4) is 0 Å². The van der Waals surface area contributed by atoms with Crippen LogP contribution in [0.1, 0.15) is 28.8 Å². The summed E-state index contributed by atoms with van der Waals surface area (Å²) in [6, 6.07) is 17.5. The van der Waals surface area contributed by atoms with Crippen molar-refractivity contribution < 1.29 is 14.2 Å². The predicted molar refractivity (Wildman–Crippen MR) is 130 cm³/mol. The molecule has 33 heavy (non-hydrogen) atoms. The van der Waals surface area contributed by atoms with Gasteiger partial charge in [0, 0.05) is 41.8 Å². The van der Waals surface area contributed by atoms with Gasteiger partial charge in [-0.1, -0.05) is 24.3 Å². The Hall–Kier alpha value is -2.70. The molecule has 0 saturated carbocycles. The molecule has 7 rings (SSSR count). The number of benzene rings is 2. The smallest absolute Gasteiger partial charge is 0.231 e. The molecule has 170 valence electrons. The standard InChI is InChI=1S/C27H28N2O3S/c1-2-6-23-21(5-1)27(17-30-24-13-26-25(12-22(24)27)31-18-32-26)16-29(23)14-19-7-9-28(10-8-19)15-20-4-3-11-33-20/h1-6,11-13,19H,7-10,14-18H2. The molecular weight excluding hydrogens is 432 g/mol. The number of hydrogen-bond donors (Lipinski definition) is 0. The maximum Gasteiger partial charge on any atom is 0.231 e. The van der Waals surface area contributed by atoms with Crippen molar-refractivity contribution in [3.63, 3.8) is 0 Å². The topological polar surface area (TPSA) is 34.2 Å². The molecule has 1 aromatic heterocycles. The molecule has 5 nitrogen and oxygen atoms in total. The molecule has 2 aromatic carbocycles. The number of likely N-dealkylation sites (tertiary alicyclic amines) is 1. The summed E-state index contributed by atoms with van der Waals surface area (Å²) in [7, 11) is 0. The van der Waals surface area contributed by atoms with Crippen LogP contribution >= 0.6 is 11.3 Å². The van der Waals surface area contributed by atoms with Gasteiger partial charge < -0.3 is 19.1 Å². The molecule has 0 bridgehead atoms. The normalized spacial score (nSPS) is 23.7. The van der Waals surface area contributed by atoms with Crippen LogP contribution in [0.5, 0.6) is 17.2 Å². The highest BCUT2D eigenvalue weighted by molar-refractivity contribution is 7.09. The fourth-order valence-corrected chi connectivity index (χ4v) is 6.87. The number of fused-ring (bicyclic) bond motifs is 5. The Kier molecular flexibility index (Phi) is 4.59. The van der Waals surface area contributed by atoms with Crippen LogP contribution in [-0.2, 0) is 12.0 Å². The summed E-state index contributed by atoms with van der Waals surface area (Å²) in [5, 5.41) is 2.18. The lowest BCUT2D eigenvalue weighted by molar-refractivity contribution is 0.173. The van der Waals surface area contributed by atoms with Crippen molar-refractivity contribution in [2.45, 2.75) is 24.8 Å².